The van der Waals surface area contributed by atoms with Crippen LogP contribution in [0.2, 0.25) is 0 Å². The molecule has 0 spiro atoms. The summed E-state index contributed by atoms with van der Waals surface area (Å²) < 4.78 is 0. The summed E-state index contributed by atoms with van der Waals surface area (Å²) in [6.07, 6.45) is 3.50. The zero-order valence-corrected chi connectivity index (χ0v) is 11.0. The second-order valence-corrected chi connectivity index (χ2v) is 4.84. The molecule has 1 fully saturated rings. The topological polar surface area (TPSA) is 41.1 Å². The standard InChI is InChI=1S/C15H22N2O/c1-2-16-15(18)14(12-8-4-3-5-9-12)13-10-6-7-11-17-13/h3-5,8-9,13-14,17H,2,6-7,10-11H2,1H3,(H,16,18)/t13-,14+/m1/s1. The first-order chi connectivity index (χ1) is 8.83. The van der Waals surface area contributed by atoms with Gasteiger partial charge in [-0.2, -0.15) is 0 Å². The molecule has 0 bridgehead atoms. The van der Waals surface area contributed by atoms with E-state index < -0.39 is 0 Å². The van der Waals surface area contributed by atoms with Crippen LogP contribution < -0.4 is 10.6 Å². The van der Waals surface area contributed by atoms with Gasteiger partial charge in [0, 0.05) is 12.6 Å². The number of carbonyl (C=O) groups excluding carboxylic acids is 1. The fourth-order valence-corrected chi connectivity index (χ4v) is 2.67. The molecule has 3 nitrogen and oxygen atoms in total. The Bertz CT molecular complexity index is 371. The highest BCUT2D eigenvalue weighted by Crippen LogP contribution is 2.25. The maximum Gasteiger partial charge on any atom is 0.229 e. The van der Waals surface area contributed by atoms with Gasteiger partial charge in [-0.25, -0.2) is 0 Å². The fraction of sp³-hybridized carbons (Fsp3) is 0.533. The fourth-order valence-electron chi connectivity index (χ4n) is 2.67. The Morgan fingerprint density at radius 3 is 2.78 bits per heavy atom. The number of hydrogen-bond donors (Lipinski definition) is 2. The molecule has 1 aromatic carbocycles. The number of likely N-dealkylation sites (N-methyl/N-ethyl adjacent to an activating group) is 1. The van der Waals surface area contributed by atoms with Crippen LogP contribution in [-0.4, -0.2) is 25.0 Å². The molecule has 0 aromatic heterocycles. The predicted molar refractivity (Wildman–Crippen MR) is 73.5 cm³/mol. The number of rotatable bonds is 4. The van der Waals surface area contributed by atoms with Gasteiger partial charge in [-0.3, -0.25) is 4.79 Å². The van der Waals surface area contributed by atoms with Crippen molar-refractivity contribution in [3.8, 4) is 0 Å². The third-order valence-corrected chi connectivity index (χ3v) is 3.54. The quantitative estimate of drug-likeness (QED) is 0.853. The second-order valence-electron chi connectivity index (χ2n) is 4.84. The molecule has 1 aromatic rings. The highest BCUT2D eigenvalue weighted by atomic mass is 16.1. The van der Waals surface area contributed by atoms with Gasteiger partial charge in [0.1, 0.15) is 0 Å². The third kappa shape index (κ3) is 3.10. The van der Waals surface area contributed by atoms with Crippen molar-refractivity contribution in [2.24, 2.45) is 0 Å². The number of nitrogens with one attached hydrogen (secondary N) is 2. The van der Waals surface area contributed by atoms with Crippen LogP contribution in [0.15, 0.2) is 30.3 Å². The van der Waals surface area contributed by atoms with E-state index in [1.165, 1.54) is 12.8 Å². The van der Waals surface area contributed by atoms with E-state index in [4.69, 9.17) is 0 Å². The summed E-state index contributed by atoms with van der Waals surface area (Å²) in [6.45, 7) is 3.68. The maximum absolute atomic E-state index is 12.3. The lowest BCUT2D eigenvalue weighted by molar-refractivity contribution is -0.123. The number of carbonyl (C=O) groups is 1. The lowest BCUT2D eigenvalue weighted by Gasteiger charge is -2.30. The number of hydrogen-bond acceptors (Lipinski definition) is 2. The Kier molecular flexibility index (Phi) is 4.76. The minimum atomic E-state index is -0.0635. The Labute approximate surface area is 109 Å². The van der Waals surface area contributed by atoms with Crippen molar-refractivity contribution in [1.82, 2.24) is 10.6 Å². The van der Waals surface area contributed by atoms with E-state index in [-0.39, 0.29) is 17.9 Å². The maximum atomic E-state index is 12.3. The van der Waals surface area contributed by atoms with Gasteiger partial charge in [0.05, 0.1) is 5.92 Å². The van der Waals surface area contributed by atoms with E-state index in [0.29, 0.717) is 6.54 Å². The van der Waals surface area contributed by atoms with Crippen molar-refractivity contribution in [3.63, 3.8) is 0 Å². The van der Waals surface area contributed by atoms with Gasteiger partial charge >= 0.3 is 0 Å². The van der Waals surface area contributed by atoms with Gasteiger partial charge in [0.15, 0.2) is 0 Å². The number of amides is 1. The molecule has 0 radical (unpaired) electrons. The van der Waals surface area contributed by atoms with Crippen LogP contribution in [0.4, 0.5) is 0 Å². The molecule has 1 heterocycles. The van der Waals surface area contributed by atoms with Crippen LogP contribution in [0.5, 0.6) is 0 Å². The Hall–Kier alpha value is -1.35. The van der Waals surface area contributed by atoms with Gasteiger partial charge in [-0.15, -0.1) is 0 Å². The number of piperidine rings is 1. The minimum Gasteiger partial charge on any atom is -0.356 e. The van der Waals surface area contributed by atoms with Crippen molar-refractivity contribution in [3.05, 3.63) is 35.9 Å². The molecule has 1 saturated heterocycles. The molecule has 0 saturated carbocycles. The highest BCUT2D eigenvalue weighted by molar-refractivity contribution is 5.84. The second kappa shape index (κ2) is 6.55. The SMILES string of the molecule is CCNC(=O)[C@@H](c1ccccc1)[C@H]1CCCCN1. The first kappa shape index (κ1) is 13.1. The smallest absolute Gasteiger partial charge is 0.229 e. The molecule has 1 aliphatic heterocycles. The molecular formula is C15H22N2O. The van der Waals surface area contributed by atoms with Crippen LogP contribution >= 0.6 is 0 Å². The van der Waals surface area contributed by atoms with Gasteiger partial charge in [0.2, 0.25) is 5.91 Å². The summed E-state index contributed by atoms with van der Waals surface area (Å²) in [4.78, 5) is 12.3. The Balaban J connectivity index is 2.19. The monoisotopic (exact) mass is 246 g/mol. The molecule has 0 aliphatic carbocycles. The van der Waals surface area contributed by atoms with Crippen LogP contribution in [0, 0.1) is 0 Å². The summed E-state index contributed by atoms with van der Waals surface area (Å²) in [5, 5.41) is 6.46. The number of benzene rings is 1. The Morgan fingerprint density at radius 2 is 2.17 bits per heavy atom. The van der Waals surface area contributed by atoms with E-state index in [0.717, 1.165) is 18.5 Å². The first-order valence-corrected chi connectivity index (χ1v) is 6.89. The molecular weight excluding hydrogens is 224 g/mol. The van der Waals surface area contributed by atoms with Crippen molar-refractivity contribution in [2.45, 2.75) is 38.1 Å². The van der Waals surface area contributed by atoms with E-state index in [1.54, 1.807) is 0 Å². The third-order valence-electron chi connectivity index (χ3n) is 3.54. The first-order valence-electron chi connectivity index (χ1n) is 6.89. The van der Waals surface area contributed by atoms with Crippen molar-refractivity contribution < 1.29 is 4.79 Å². The van der Waals surface area contributed by atoms with E-state index in [1.807, 2.05) is 25.1 Å². The van der Waals surface area contributed by atoms with Crippen molar-refractivity contribution >= 4 is 5.91 Å². The molecule has 18 heavy (non-hydrogen) atoms. The lowest BCUT2D eigenvalue weighted by Crippen LogP contribution is -2.45. The summed E-state index contributed by atoms with van der Waals surface area (Å²) in [6, 6.07) is 10.4. The van der Waals surface area contributed by atoms with E-state index in [9.17, 15) is 4.79 Å². The van der Waals surface area contributed by atoms with Gasteiger partial charge in [0.25, 0.3) is 0 Å². The minimum absolute atomic E-state index is 0.0635. The van der Waals surface area contributed by atoms with Crippen LogP contribution in [-0.2, 0) is 4.79 Å². The molecule has 3 heteroatoms. The lowest BCUT2D eigenvalue weighted by atomic mass is 9.86. The highest BCUT2D eigenvalue weighted by Gasteiger charge is 2.30. The molecule has 2 rings (SSSR count). The molecule has 1 amide bonds. The Morgan fingerprint density at radius 1 is 1.39 bits per heavy atom. The van der Waals surface area contributed by atoms with Crippen molar-refractivity contribution in [2.75, 3.05) is 13.1 Å². The van der Waals surface area contributed by atoms with E-state index >= 15 is 0 Å². The molecule has 2 N–H and O–H groups in total. The largest absolute Gasteiger partial charge is 0.356 e. The van der Waals surface area contributed by atoms with E-state index in [2.05, 4.69) is 22.8 Å². The molecule has 98 valence electrons. The van der Waals surface area contributed by atoms with Crippen LogP contribution in [0.3, 0.4) is 0 Å². The predicted octanol–water partition coefficient (Wildman–Crippen LogP) is 2.05. The molecule has 1 aliphatic rings. The molecule has 2 atom stereocenters. The van der Waals surface area contributed by atoms with Crippen LogP contribution in [0.25, 0.3) is 0 Å². The van der Waals surface area contributed by atoms with Crippen LogP contribution in [0.1, 0.15) is 37.7 Å². The zero-order valence-electron chi connectivity index (χ0n) is 11.0. The summed E-state index contributed by atoms with van der Waals surface area (Å²) in [5.74, 6) is 0.0783. The average molecular weight is 246 g/mol. The summed E-state index contributed by atoms with van der Waals surface area (Å²) >= 11 is 0. The zero-order chi connectivity index (χ0) is 12.8. The van der Waals surface area contributed by atoms with Gasteiger partial charge < -0.3 is 10.6 Å². The summed E-state index contributed by atoms with van der Waals surface area (Å²) in [7, 11) is 0. The van der Waals surface area contributed by atoms with Crippen molar-refractivity contribution in [1.29, 1.82) is 0 Å². The normalized spacial score (nSPS) is 21.3. The van der Waals surface area contributed by atoms with Gasteiger partial charge in [-0.1, -0.05) is 36.8 Å². The van der Waals surface area contributed by atoms with Gasteiger partial charge in [-0.05, 0) is 31.9 Å². The summed E-state index contributed by atoms with van der Waals surface area (Å²) in [5.41, 5.74) is 1.11. The molecule has 0 unspecified atom stereocenters. The average Bonchev–Trinajstić information content (AvgIpc) is 2.42.